The van der Waals surface area contributed by atoms with E-state index >= 15 is 0 Å². The molecule has 0 spiro atoms. The molecule has 1 atom stereocenters. The van der Waals surface area contributed by atoms with Crippen molar-refractivity contribution in [2.24, 2.45) is 11.7 Å². The summed E-state index contributed by atoms with van der Waals surface area (Å²) in [6.07, 6.45) is 8.10. The van der Waals surface area contributed by atoms with Crippen molar-refractivity contribution in [2.75, 3.05) is 0 Å². The van der Waals surface area contributed by atoms with Crippen LogP contribution in [0.3, 0.4) is 0 Å². The van der Waals surface area contributed by atoms with E-state index in [4.69, 9.17) is 5.73 Å². The molecule has 0 bridgehead atoms. The zero-order valence-corrected chi connectivity index (χ0v) is 12.4. The van der Waals surface area contributed by atoms with Gasteiger partial charge in [-0.05, 0) is 41.2 Å². The average Bonchev–Trinajstić information content (AvgIpc) is 2.49. The van der Waals surface area contributed by atoms with E-state index in [0.717, 1.165) is 12.3 Å². The van der Waals surface area contributed by atoms with E-state index in [-0.39, 0.29) is 6.04 Å². The maximum atomic E-state index is 6.54. The van der Waals surface area contributed by atoms with Crippen molar-refractivity contribution in [3.8, 4) is 0 Å². The van der Waals surface area contributed by atoms with Crippen LogP contribution in [0.4, 0.5) is 0 Å². The highest BCUT2D eigenvalue weighted by Gasteiger charge is 2.19. The van der Waals surface area contributed by atoms with Crippen molar-refractivity contribution in [3.63, 3.8) is 0 Å². The first-order chi connectivity index (χ1) is 9.75. The van der Waals surface area contributed by atoms with Crippen molar-refractivity contribution in [2.45, 2.75) is 51.5 Å². The molecule has 1 heteroatoms. The van der Waals surface area contributed by atoms with Crippen molar-refractivity contribution < 1.29 is 0 Å². The molecule has 2 aromatic rings. The second-order valence-electron chi connectivity index (χ2n) is 6.36. The van der Waals surface area contributed by atoms with Gasteiger partial charge in [-0.1, -0.05) is 68.5 Å². The number of nitrogens with two attached hydrogens (primary N) is 1. The lowest BCUT2D eigenvalue weighted by atomic mass is 9.82. The SMILES string of the molecule is Cc1ccc(C(N)CC2CCCCC2)c2ccccc12. The number of aryl methyl sites for hydroxylation is 1. The smallest absolute Gasteiger partial charge is 0.0303 e. The van der Waals surface area contributed by atoms with E-state index in [1.54, 1.807) is 0 Å². The third-order valence-corrected chi connectivity index (χ3v) is 4.89. The summed E-state index contributed by atoms with van der Waals surface area (Å²) >= 11 is 0. The minimum atomic E-state index is 0.184. The van der Waals surface area contributed by atoms with Gasteiger partial charge in [0.2, 0.25) is 0 Å². The highest BCUT2D eigenvalue weighted by molar-refractivity contribution is 5.88. The zero-order valence-electron chi connectivity index (χ0n) is 12.4. The van der Waals surface area contributed by atoms with E-state index in [0.29, 0.717) is 0 Å². The summed E-state index contributed by atoms with van der Waals surface area (Å²) in [6, 6.07) is 13.3. The quantitative estimate of drug-likeness (QED) is 0.820. The standard InChI is InChI=1S/C19H25N/c1-14-11-12-18(17-10-6-5-9-16(14)17)19(20)13-15-7-3-2-4-8-15/h5-6,9-12,15,19H,2-4,7-8,13,20H2,1H3. The van der Waals surface area contributed by atoms with Gasteiger partial charge in [-0.15, -0.1) is 0 Å². The second kappa shape index (κ2) is 5.97. The molecule has 0 radical (unpaired) electrons. The molecule has 0 saturated heterocycles. The molecule has 20 heavy (non-hydrogen) atoms. The first-order valence-corrected chi connectivity index (χ1v) is 7.99. The molecular weight excluding hydrogens is 242 g/mol. The van der Waals surface area contributed by atoms with E-state index in [1.807, 2.05) is 0 Å². The maximum absolute atomic E-state index is 6.54. The largest absolute Gasteiger partial charge is 0.324 e. The Labute approximate surface area is 122 Å². The van der Waals surface area contributed by atoms with Gasteiger partial charge in [-0.2, -0.15) is 0 Å². The number of hydrogen-bond donors (Lipinski definition) is 1. The zero-order chi connectivity index (χ0) is 13.9. The normalized spacial score (nSPS) is 18.3. The molecule has 3 rings (SSSR count). The van der Waals surface area contributed by atoms with E-state index in [2.05, 4.69) is 43.3 Å². The Bertz CT molecular complexity index is 581. The fourth-order valence-corrected chi connectivity index (χ4v) is 3.71. The third kappa shape index (κ3) is 2.73. The van der Waals surface area contributed by atoms with Crippen LogP contribution in [0.2, 0.25) is 0 Å². The lowest BCUT2D eigenvalue weighted by Gasteiger charge is -2.25. The van der Waals surface area contributed by atoms with Crippen LogP contribution in [0.5, 0.6) is 0 Å². The summed E-state index contributed by atoms with van der Waals surface area (Å²) in [5, 5.41) is 2.69. The fraction of sp³-hybridized carbons (Fsp3) is 0.474. The van der Waals surface area contributed by atoms with Gasteiger partial charge in [0, 0.05) is 6.04 Å². The first kappa shape index (κ1) is 13.6. The van der Waals surface area contributed by atoms with Gasteiger partial charge in [0.05, 0.1) is 0 Å². The van der Waals surface area contributed by atoms with Crippen LogP contribution in [-0.2, 0) is 0 Å². The lowest BCUT2D eigenvalue weighted by molar-refractivity contribution is 0.319. The highest BCUT2D eigenvalue weighted by Crippen LogP contribution is 2.33. The van der Waals surface area contributed by atoms with Gasteiger partial charge < -0.3 is 5.73 Å². The monoisotopic (exact) mass is 267 g/mol. The van der Waals surface area contributed by atoms with Gasteiger partial charge in [0.25, 0.3) is 0 Å². The van der Waals surface area contributed by atoms with Gasteiger partial charge in [-0.3, -0.25) is 0 Å². The van der Waals surface area contributed by atoms with Crippen LogP contribution < -0.4 is 5.73 Å². The molecule has 1 nitrogen and oxygen atoms in total. The molecule has 0 aromatic heterocycles. The summed E-state index contributed by atoms with van der Waals surface area (Å²) in [7, 11) is 0. The Morgan fingerprint density at radius 3 is 2.45 bits per heavy atom. The summed E-state index contributed by atoms with van der Waals surface area (Å²) in [5.41, 5.74) is 9.21. The highest BCUT2D eigenvalue weighted by atomic mass is 14.6. The van der Waals surface area contributed by atoms with Crippen LogP contribution in [-0.4, -0.2) is 0 Å². The Morgan fingerprint density at radius 1 is 1.00 bits per heavy atom. The molecular formula is C19H25N. The van der Waals surface area contributed by atoms with Crippen LogP contribution in [0.1, 0.15) is 55.7 Å². The maximum Gasteiger partial charge on any atom is 0.0303 e. The van der Waals surface area contributed by atoms with Crippen LogP contribution in [0.25, 0.3) is 10.8 Å². The predicted octanol–water partition coefficient (Wildman–Crippen LogP) is 5.12. The summed E-state index contributed by atoms with van der Waals surface area (Å²) in [4.78, 5) is 0. The molecule has 106 valence electrons. The minimum absolute atomic E-state index is 0.184. The number of fused-ring (bicyclic) bond motifs is 1. The molecule has 2 aromatic carbocycles. The molecule has 0 aliphatic heterocycles. The molecule has 1 saturated carbocycles. The number of hydrogen-bond acceptors (Lipinski definition) is 1. The topological polar surface area (TPSA) is 26.0 Å². The van der Waals surface area contributed by atoms with Crippen molar-refractivity contribution in [1.29, 1.82) is 0 Å². The summed E-state index contributed by atoms with van der Waals surface area (Å²) in [6.45, 7) is 2.18. The molecule has 1 fully saturated rings. The predicted molar refractivity (Wildman–Crippen MR) is 86.8 cm³/mol. The van der Waals surface area contributed by atoms with E-state index in [9.17, 15) is 0 Å². The molecule has 1 unspecified atom stereocenters. The fourth-order valence-electron chi connectivity index (χ4n) is 3.71. The van der Waals surface area contributed by atoms with E-state index < -0.39 is 0 Å². The molecule has 2 N–H and O–H groups in total. The number of benzene rings is 2. The van der Waals surface area contributed by atoms with Gasteiger partial charge >= 0.3 is 0 Å². The van der Waals surface area contributed by atoms with Crippen molar-refractivity contribution in [3.05, 3.63) is 47.5 Å². The molecule has 1 aliphatic rings. The van der Waals surface area contributed by atoms with Gasteiger partial charge in [-0.25, -0.2) is 0 Å². The molecule has 0 amide bonds. The van der Waals surface area contributed by atoms with E-state index in [1.165, 1.54) is 54.0 Å². The average molecular weight is 267 g/mol. The van der Waals surface area contributed by atoms with Crippen LogP contribution >= 0.6 is 0 Å². The first-order valence-electron chi connectivity index (χ1n) is 7.99. The summed E-state index contributed by atoms with van der Waals surface area (Å²) in [5.74, 6) is 0.832. The van der Waals surface area contributed by atoms with Crippen LogP contribution in [0.15, 0.2) is 36.4 Å². The Hall–Kier alpha value is -1.34. The van der Waals surface area contributed by atoms with Gasteiger partial charge in [0.1, 0.15) is 0 Å². The summed E-state index contributed by atoms with van der Waals surface area (Å²) < 4.78 is 0. The molecule has 1 aliphatic carbocycles. The van der Waals surface area contributed by atoms with Crippen molar-refractivity contribution >= 4 is 10.8 Å². The Balaban J connectivity index is 1.87. The third-order valence-electron chi connectivity index (χ3n) is 4.89. The second-order valence-corrected chi connectivity index (χ2v) is 6.36. The Morgan fingerprint density at radius 2 is 1.70 bits per heavy atom. The van der Waals surface area contributed by atoms with Crippen LogP contribution in [0, 0.1) is 12.8 Å². The lowest BCUT2D eigenvalue weighted by Crippen LogP contribution is -2.17. The minimum Gasteiger partial charge on any atom is -0.324 e. The molecule has 0 heterocycles. The number of rotatable bonds is 3. The van der Waals surface area contributed by atoms with Crippen molar-refractivity contribution in [1.82, 2.24) is 0 Å². The Kier molecular flexibility index (Phi) is 4.07. The van der Waals surface area contributed by atoms with Gasteiger partial charge in [0.15, 0.2) is 0 Å².